The average Bonchev–Trinajstić information content (AvgIpc) is 2.84. The number of para-hydroxylation sites is 2. The van der Waals surface area contributed by atoms with Crippen molar-refractivity contribution in [3.05, 3.63) is 60.2 Å². The lowest BCUT2D eigenvalue weighted by Gasteiger charge is -2.27. The van der Waals surface area contributed by atoms with Crippen LogP contribution >= 0.6 is 0 Å². The Labute approximate surface area is 168 Å². The van der Waals surface area contributed by atoms with E-state index in [1.165, 1.54) is 11.0 Å². The molecule has 1 aliphatic rings. The fourth-order valence-electron chi connectivity index (χ4n) is 3.13. The van der Waals surface area contributed by atoms with Gasteiger partial charge in [-0.15, -0.1) is 0 Å². The molecule has 0 fully saturated rings. The summed E-state index contributed by atoms with van der Waals surface area (Å²) >= 11 is 0. The molecule has 29 heavy (non-hydrogen) atoms. The molecule has 0 saturated carbocycles. The Bertz CT molecular complexity index is 954. The Morgan fingerprint density at radius 1 is 1.21 bits per heavy atom. The first-order valence-corrected chi connectivity index (χ1v) is 9.18. The van der Waals surface area contributed by atoms with Crippen LogP contribution in [0.4, 0.5) is 11.4 Å². The molecule has 2 aromatic carbocycles. The van der Waals surface area contributed by atoms with Crippen LogP contribution in [0.2, 0.25) is 0 Å². The molecule has 0 radical (unpaired) electrons. The van der Waals surface area contributed by atoms with Gasteiger partial charge in [-0.05, 0) is 42.8 Å². The molecule has 1 heterocycles. The van der Waals surface area contributed by atoms with Crippen LogP contribution in [-0.4, -0.2) is 37.5 Å². The number of nitrogens with one attached hydrogen (secondary N) is 1. The number of anilines is 2. The molecule has 7 heteroatoms. The van der Waals surface area contributed by atoms with E-state index < -0.39 is 18.5 Å². The van der Waals surface area contributed by atoms with Crippen molar-refractivity contribution in [2.75, 3.05) is 23.9 Å². The van der Waals surface area contributed by atoms with Gasteiger partial charge < -0.3 is 19.7 Å². The number of fused-ring (bicyclic) bond motifs is 1. The summed E-state index contributed by atoms with van der Waals surface area (Å²) in [6.45, 7) is 1.36. The number of methoxy groups -OCH3 is 1. The standard InChI is InChI=1S/C22H22N2O5/c1-15-12-20(25)23-18-8-3-4-9-19(18)24(15)21(26)14-29-22(27)11-10-16-6-5-7-17(13-16)28-2/h3-11,13,15H,12,14H2,1-2H3,(H,23,25)/b11-10+/t15-/m0/s1. The third-order valence-corrected chi connectivity index (χ3v) is 4.47. The minimum absolute atomic E-state index is 0.157. The van der Waals surface area contributed by atoms with Crippen molar-refractivity contribution in [1.29, 1.82) is 0 Å². The Morgan fingerprint density at radius 2 is 2.00 bits per heavy atom. The molecule has 0 spiro atoms. The summed E-state index contributed by atoms with van der Waals surface area (Å²) in [7, 11) is 1.56. The SMILES string of the molecule is COc1cccc(/C=C/C(=O)OCC(=O)N2c3ccccc3NC(=O)C[C@@H]2C)c1. The minimum Gasteiger partial charge on any atom is -0.497 e. The normalized spacial score (nSPS) is 16.0. The first-order chi connectivity index (χ1) is 14.0. The third-order valence-electron chi connectivity index (χ3n) is 4.47. The molecule has 7 nitrogen and oxygen atoms in total. The lowest BCUT2D eigenvalue weighted by molar-refractivity contribution is -0.143. The van der Waals surface area contributed by atoms with Crippen LogP contribution in [0.15, 0.2) is 54.6 Å². The van der Waals surface area contributed by atoms with E-state index in [-0.39, 0.29) is 18.4 Å². The van der Waals surface area contributed by atoms with Crippen molar-refractivity contribution >= 4 is 35.2 Å². The maximum Gasteiger partial charge on any atom is 0.331 e. The van der Waals surface area contributed by atoms with E-state index in [1.54, 1.807) is 62.6 Å². The van der Waals surface area contributed by atoms with Gasteiger partial charge in [0.2, 0.25) is 5.91 Å². The summed E-state index contributed by atoms with van der Waals surface area (Å²) in [6.07, 6.45) is 3.00. The number of esters is 1. The summed E-state index contributed by atoms with van der Waals surface area (Å²) in [5.74, 6) is -0.526. The van der Waals surface area contributed by atoms with E-state index in [2.05, 4.69) is 5.32 Å². The van der Waals surface area contributed by atoms with Crippen molar-refractivity contribution < 1.29 is 23.9 Å². The molecule has 2 amide bonds. The van der Waals surface area contributed by atoms with E-state index in [0.29, 0.717) is 17.1 Å². The third kappa shape index (κ3) is 5.01. The number of rotatable bonds is 5. The number of hydrogen-bond donors (Lipinski definition) is 1. The molecule has 1 aliphatic heterocycles. The second kappa shape index (κ2) is 9.05. The second-order valence-corrected chi connectivity index (χ2v) is 6.60. The van der Waals surface area contributed by atoms with Crippen molar-refractivity contribution in [3.63, 3.8) is 0 Å². The average molecular weight is 394 g/mol. The first-order valence-electron chi connectivity index (χ1n) is 9.18. The van der Waals surface area contributed by atoms with Gasteiger partial charge in [-0.1, -0.05) is 24.3 Å². The van der Waals surface area contributed by atoms with E-state index in [1.807, 2.05) is 6.07 Å². The van der Waals surface area contributed by atoms with Gasteiger partial charge in [-0.25, -0.2) is 4.79 Å². The van der Waals surface area contributed by atoms with Gasteiger partial charge in [0.05, 0.1) is 18.5 Å². The number of benzene rings is 2. The highest BCUT2D eigenvalue weighted by atomic mass is 16.5. The lowest BCUT2D eigenvalue weighted by atomic mass is 10.1. The highest BCUT2D eigenvalue weighted by molar-refractivity contribution is 6.05. The van der Waals surface area contributed by atoms with E-state index in [9.17, 15) is 14.4 Å². The van der Waals surface area contributed by atoms with Gasteiger partial charge in [-0.2, -0.15) is 0 Å². The summed E-state index contributed by atoms with van der Waals surface area (Å²) in [5, 5.41) is 2.79. The Balaban J connectivity index is 1.66. The fraction of sp³-hybridized carbons (Fsp3) is 0.227. The zero-order valence-electron chi connectivity index (χ0n) is 16.3. The molecule has 1 atom stereocenters. The summed E-state index contributed by atoms with van der Waals surface area (Å²) < 4.78 is 10.2. The molecule has 0 aromatic heterocycles. The van der Waals surface area contributed by atoms with Crippen molar-refractivity contribution in [1.82, 2.24) is 0 Å². The monoisotopic (exact) mass is 394 g/mol. The highest BCUT2D eigenvalue weighted by Crippen LogP contribution is 2.31. The Hall–Kier alpha value is -3.61. The molecule has 2 aromatic rings. The molecule has 1 N–H and O–H groups in total. The number of ether oxygens (including phenoxy) is 2. The van der Waals surface area contributed by atoms with Crippen LogP contribution in [0, 0.1) is 0 Å². The van der Waals surface area contributed by atoms with E-state index in [0.717, 1.165) is 5.56 Å². The smallest absolute Gasteiger partial charge is 0.331 e. The topological polar surface area (TPSA) is 84.9 Å². The molecule has 0 aliphatic carbocycles. The maximum absolute atomic E-state index is 12.8. The molecule has 150 valence electrons. The Morgan fingerprint density at radius 3 is 2.79 bits per heavy atom. The number of carbonyl (C=O) groups excluding carboxylic acids is 3. The Kier molecular flexibility index (Phi) is 6.29. The predicted octanol–water partition coefficient (Wildman–Crippen LogP) is 3.02. The summed E-state index contributed by atoms with van der Waals surface area (Å²) in [6, 6.07) is 13.9. The fourth-order valence-corrected chi connectivity index (χ4v) is 3.13. The summed E-state index contributed by atoms with van der Waals surface area (Å²) in [4.78, 5) is 38.3. The maximum atomic E-state index is 12.8. The zero-order valence-corrected chi connectivity index (χ0v) is 16.3. The highest BCUT2D eigenvalue weighted by Gasteiger charge is 2.29. The van der Waals surface area contributed by atoms with Crippen LogP contribution < -0.4 is 15.0 Å². The number of nitrogens with zero attached hydrogens (tertiary/aromatic N) is 1. The quantitative estimate of drug-likeness (QED) is 0.622. The minimum atomic E-state index is -0.633. The van der Waals surface area contributed by atoms with Gasteiger partial charge in [0, 0.05) is 18.5 Å². The molecular weight excluding hydrogens is 372 g/mol. The number of carbonyl (C=O) groups is 3. The van der Waals surface area contributed by atoms with Gasteiger partial charge in [0.25, 0.3) is 5.91 Å². The van der Waals surface area contributed by atoms with Crippen molar-refractivity contribution in [3.8, 4) is 5.75 Å². The van der Waals surface area contributed by atoms with E-state index in [4.69, 9.17) is 9.47 Å². The van der Waals surface area contributed by atoms with Gasteiger partial charge >= 0.3 is 5.97 Å². The molecule has 0 saturated heterocycles. The van der Waals surface area contributed by atoms with E-state index >= 15 is 0 Å². The van der Waals surface area contributed by atoms with Crippen LogP contribution in [-0.2, 0) is 19.1 Å². The molecule has 0 unspecified atom stereocenters. The number of amides is 2. The van der Waals surface area contributed by atoms with Gasteiger partial charge in [-0.3, -0.25) is 9.59 Å². The van der Waals surface area contributed by atoms with Gasteiger partial charge in [0.1, 0.15) is 5.75 Å². The predicted molar refractivity (Wildman–Crippen MR) is 110 cm³/mol. The molecule has 3 rings (SSSR count). The summed E-state index contributed by atoms with van der Waals surface area (Å²) in [5.41, 5.74) is 1.91. The molecular formula is C22H22N2O5. The van der Waals surface area contributed by atoms with Crippen molar-refractivity contribution in [2.24, 2.45) is 0 Å². The van der Waals surface area contributed by atoms with Crippen LogP contribution in [0.25, 0.3) is 6.08 Å². The molecule has 0 bridgehead atoms. The zero-order chi connectivity index (χ0) is 20.8. The largest absolute Gasteiger partial charge is 0.497 e. The van der Waals surface area contributed by atoms with Crippen LogP contribution in [0.3, 0.4) is 0 Å². The second-order valence-electron chi connectivity index (χ2n) is 6.60. The number of hydrogen-bond acceptors (Lipinski definition) is 5. The van der Waals surface area contributed by atoms with Gasteiger partial charge in [0.15, 0.2) is 6.61 Å². The van der Waals surface area contributed by atoms with Crippen LogP contribution in [0.5, 0.6) is 5.75 Å². The van der Waals surface area contributed by atoms with Crippen molar-refractivity contribution in [2.45, 2.75) is 19.4 Å². The van der Waals surface area contributed by atoms with Crippen LogP contribution in [0.1, 0.15) is 18.9 Å². The first kappa shape index (κ1) is 20.1. The lowest BCUT2D eigenvalue weighted by Crippen LogP contribution is -2.41.